The Balaban J connectivity index is 1.98. The highest BCUT2D eigenvalue weighted by Gasteiger charge is 2.23. The molecule has 0 aliphatic carbocycles. The van der Waals surface area contributed by atoms with Crippen LogP contribution >= 0.6 is 0 Å². The fourth-order valence-corrected chi connectivity index (χ4v) is 2.96. The summed E-state index contributed by atoms with van der Waals surface area (Å²) in [7, 11) is 0. The van der Waals surface area contributed by atoms with Crippen molar-refractivity contribution in [2.45, 2.75) is 26.4 Å². The van der Waals surface area contributed by atoms with Gasteiger partial charge in [-0.15, -0.1) is 0 Å². The second kappa shape index (κ2) is 5.48. The van der Waals surface area contributed by atoms with Gasteiger partial charge in [-0.25, -0.2) is 14.3 Å². The summed E-state index contributed by atoms with van der Waals surface area (Å²) in [6.45, 7) is 5.59. The average molecular weight is 333 g/mol. The van der Waals surface area contributed by atoms with Crippen molar-refractivity contribution in [3.05, 3.63) is 60.9 Å². The number of hydrogen-bond donors (Lipinski definition) is 0. The van der Waals surface area contributed by atoms with Crippen molar-refractivity contribution in [1.29, 1.82) is 0 Å². The molecule has 0 aliphatic rings. The lowest BCUT2D eigenvalue weighted by molar-refractivity contribution is 0.0544. The lowest BCUT2D eigenvalue weighted by atomic mass is 10.2. The first-order valence-electron chi connectivity index (χ1n) is 8.20. The summed E-state index contributed by atoms with van der Waals surface area (Å²) < 4.78 is 9.15. The summed E-state index contributed by atoms with van der Waals surface area (Å²) in [4.78, 5) is 17.3. The quantitative estimate of drug-likeness (QED) is 0.504. The molecule has 0 amide bonds. The molecule has 0 saturated heterocycles. The SMILES string of the molecule is CC(C)(C)OC(=O)n1c(-n2cnc3ccccc32)cc2ccccc21. The minimum Gasteiger partial charge on any atom is -0.443 e. The van der Waals surface area contributed by atoms with Crippen LogP contribution in [0.2, 0.25) is 0 Å². The number of rotatable bonds is 1. The van der Waals surface area contributed by atoms with Crippen LogP contribution in [-0.4, -0.2) is 25.8 Å². The number of nitrogens with zero attached hydrogens (tertiary/aromatic N) is 3. The number of carbonyl (C=O) groups is 1. The minimum absolute atomic E-state index is 0.401. The van der Waals surface area contributed by atoms with E-state index < -0.39 is 11.7 Å². The maximum Gasteiger partial charge on any atom is 0.420 e. The van der Waals surface area contributed by atoms with E-state index in [1.807, 2.05) is 79.9 Å². The van der Waals surface area contributed by atoms with Gasteiger partial charge >= 0.3 is 6.09 Å². The van der Waals surface area contributed by atoms with Gasteiger partial charge in [-0.2, -0.15) is 0 Å². The molecule has 4 rings (SSSR count). The Bertz CT molecular complexity index is 1080. The molecule has 5 heteroatoms. The van der Waals surface area contributed by atoms with Gasteiger partial charge in [0.05, 0.1) is 16.6 Å². The van der Waals surface area contributed by atoms with E-state index >= 15 is 0 Å². The zero-order valence-corrected chi connectivity index (χ0v) is 14.4. The molecule has 4 aromatic rings. The third-order valence-corrected chi connectivity index (χ3v) is 3.97. The Morgan fingerprint density at radius 2 is 1.68 bits per heavy atom. The molecule has 5 nitrogen and oxygen atoms in total. The van der Waals surface area contributed by atoms with Gasteiger partial charge in [-0.1, -0.05) is 30.3 Å². The van der Waals surface area contributed by atoms with Crippen molar-refractivity contribution >= 4 is 28.0 Å². The van der Waals surface area contributed by atoms with Crippen molar-refractivity contribution in [3.63, 3.8) is 0 Å². The smallest absolute Gasteiger partial charge is 0.420 e. The Kier molecular flexibility index (Phi) is 3.39. The van der Waals surface area contributed by atoms with Gasteiger partial charge in [0, 0.05) is 5.39 Å². The van der Waals surface area contributed by atoms with E-state index in [0.29, 0.717) is 5.82 Å². The molecule has 2 aromatic carbocycles. The Hall–Kier alpha value is -3.08. The molecule has 126 valence electrons. The number of hydrogen-bond acceptors (Lipinski definition) is 3. The van der Waals surface area contributed by atoms with Crippen LogP contribution in [0.4, 0.5) is 4.79 Å². The van der Waals surface area contributed by atoms with E-state index in [-0.39, 0.29) is 0 Å². The average Bonchev–Trinajstić information content (AvgIpc) is 3.14. The predicted octanol–water partition coefficient (Wildman–Crippen LogP) is 4.76. The fourth-order valence-electron chi connectivity index (χ4n) is 2.96. The van der Waals surface area contributed by atoms with Crippen LogP contribution in [0.3, 0.4) is 0 Å². The number of fused-ring (bicyclic) bond motifs is 2. The molecule has 0 atom stereocenters. The van der Waals surface area contributed by atoms with Crippen molar-refractivity contribution in [3.8, 4) is 5.82 Å². The van der Waals surface area contributed by atoms with Gasteiger partial charge in [-0.05, 0) is 45.0 Å². The highest BCUT2D eigenvalue weighted by molar-refractivity contribution is 5.94. The van der Waals surface area contributed by atoms with Crippen LogP contribution < -0.4 is 0 Å². The highest BCUT2D eigenvalue weighted by Crippen LogP contribution is 2.27. The van der Waals surface area contributed by atoms with Crippen LogP contribution in [-0.2, 0) is 4.74 Å². The number of carbonyl (C=O) groups excluding carboxylic acids is 1. The van der Waals surface area contributed by atoms with Crippen molar-refractivity contribution in [2.75, 3.05) is 0 Å². The molecule has 0 unspecified atom stereocenters. The summed E-state index contributed by atoms with van der Waals surface area (Å²) in [6.07, 6.45) is 1.33. The Morgan fingerprint density at radius 1 is 1.00 bits per heavy atom. The van der Waals surface area contributed by atoms with Gasteiger partial charge in [0.15, 0.2) is 0 Å². The number of imidazole rings is 1. The van der Waals surface area contributed by atoms with Crippen molar-refractivity contribution in [2.24, 2.45) is 0 Å². The van der Waals surface area contributed by atoms with Gasteiger partial charge in [0.1, 0.15) is 17.7 Å². The first kappa shape index (κ1) is 15.4. The Labute approximate surface area is 145 Å². The lowest BCUT2D eigenvalue weighted by Gasteiger charge is -2.21. The zero-order chi connectivity index (χ0) is 17.6. The second-order valence-electron chi connectivity index (χ2n) is 6.98. The first-order chi connectivity index (χ1) is 11.9. The monoisotopic (exact) mass is 333 g/mol. The van der Waals surface area contributed by atoms with E-state index in [0.717, 1.165) is 21.9 Å². The maximum absolute atomic E-state index is 12.9. The maximum atomic E-state index is 12.9. The predicted molar refractivity (Wildman–Crippen MR) is 98.2 cm³/mol. The van der Waals surface area contributed by atoms with E-state index in [4.69, 9.17) is 4.74 Å². The van der Waals surface area contributed by atoms with Gasteiger partial charge in [0.25, 0.3) is 0 Å². The molecule has 0 N–H and O–H groups in total. The third kappa shape index (κ3) is 2.67. The van der Waals surface area contributed by atoms with Crippen molar-refractivity contribution < 1.29 is 9.53 Å². The van der Waals surface area contributed by atoms with E-state index in [1.165, 1.54) is 0 Å². The molecule has 0 radical (unpaired) electrons. The fraction of sp³-hybridized carbons (Fsp3) is 0.200. The lowest BCUT2D eigenvalue weighted by Crippen LogP contribution is -2.28. The summed E-state index contributed by atoms with van der Waals surface area (Å²) >= 11 is 0. The molecule has 25 heavy (non-hydrogen) atoms. The largest absolute Gasteiger partial charge is 0.443 e. The molecule has 2 heterocycles. The van der Waals surface area contributed by atoms with E-state index in [2.05, 4.69) is 4.98 Å². The van der Waals surface area contributed by atoms with Crippen LogP contribution in [0.5, 0.6) is 0 Å². The Morgan fingerprint density at radius 3 is 2.44 bits per heavy atom. The molecular formula is C20H19N3O2. The van der Waals surface area contributed by atoms with Crippen molar-refractivity contribution in [1.82, 2.24) is 14.1 Å². The molecule has 2 aromatic heterocycles. The summed E-state index contributed by atoms with van der Waals surface area (Å²) in [6, 6.07) is 17.6. The van der Waals surface area contributed by atoms with Crippen LogP contribution in [0.15, 0.2) is 60.9 Å². The molecule has 0 aliphatic heterocycles. The van der Waals surface area contributed by atoms with Crippen LogP contribution in [0.1, 0.15) is 20.8 Å². The van der Waals surface area contributed by atoms with Gasteiger partial charge in [-0.3, -0.25) is 4.57 Å². The van der Waals surface area contributed by atoms with Crippen LogP contribution in [0.25, 0.3) is 27.8 Å². The number of ether oxygens (including phenoxy) is 1. The van der Waals surface area contributed by atoms with Gasteiger partial charge < -0.3 is 4.74 Å². The molecular weight excluding hydrogens is 314 g/mol. The highest BCUT2D eigenvalue weighted by atomic mass is 16.6. The van der Waals surface area contributed by atoms with Gasteiger partial charge in [0.2, 0.25) is 0 Å². The summed E-state index contributed by atoms with van der Waals surface area (Å²) in [5.74, 6) is 0.712. The summed E-state index contributed by atoms with van der Waals surface area (Å²) in [5.41, 5.74) is 2.06. The second-order valence-corrected chi connectivity index (χ2v) is 6.98. The minimum atomic E-state index is -0.573. The topological polar surface area (TPSA) is 49.0 Å². The molecule has 0 fully saturated rings. The summed E-state index contributed by atoms with van der Waals surface area (Å²) in [5, 5.41) is 0.973. The standard InChI is InChI=1S/C20H19N3O2/c1-20(2,3)25-19(24)23-16-10-6-4-8-14(16)12-18(23)22-13-21-15-9-5-7-11-17(15)22/h4-13H,1-3H3. The first-order valence-corrected chi connectivity index (χ1v) is 8.20. The molecule has 0 spiro atoms. The number of benzene rings is 2. The molecule has 0 bridgehead atoms. The van der Waals surface area contributed by atoms with E-state index in [1.54, 1.807) is 10.9 Å². The van der Waals surface area contributed by atoms with E-state index in [9.17, 15) is 4.79 Å². The number of para-hydroxylation sites is 3. The number of aromatic nitrogens is 3. The zero-order valence-electron chi connectivity index (χ0n) is 14.4. The molecule has 0 saturated carbocycles. The van der Waals surface area contributed by atoms with Crippen LogP contribution in [0, 0.1) is 0 Å². The normalized spacial score (nSPS) is 12.0. The third-order valence-electron chi connectivity index (χ3n) is 3.97.